The molecular formula is C13H15N3O4. The Kier molecular flexibility index (Phi) is 3.60. The Morgan fingerprint density at radius 1 is 1.45 bits per heavy atom. The van der Waals surface area contributed by atoms with Gasteiger partial charge >= 0.3 is 5.97 Å². The summed E-state index contributed by atoms with van der Waals surface area (Å²) in [5.41, 5.74) is 7.06. The van der Waals surface area contributed by atoms with Crippen LogP contribution in [0.2, 0.25) is 0 Å². The van der Waals surface area contributed by atoms with E-state index in [0.29, 0.717) is 16.9 Å². The summed E-state index contributed by atoms with van der Waals surface area (Å²) in [7, 11) is 1.28. The molecule has 0 spiro atoms. The van der Waals surface area contributed by atoms with Crippen molar-refractivity contribution >= 4 is 29.2 Å². The van der Waals surface area contributed by atoms with Crippen molar-refractivity contribution in [3.63, 3.8) is 0 Å². The van der Waals surface area contributed by atoms with Gasteiger partial charge in [0.15, 0.2) is 0 Å². The van der Waals surface area contributed by atoms with Gasteiger partial charge in [0.2, 0.25) is 11.8 Å². The van der Waals surface area contributed by atoms with Gasteiger partial charge in [-0.3, -0.25) is 14.9 Å². The van der Waals surface area contributed by atoms with Crippen LogP contribution in [0.3, 0.4) is 0 Å². The number of rotatable bonds is 2. The summed E-state index contributed by atoms with van der Waals surface area (Å²) in [5, 5.41) is 2.25. The Labute approximate surface area is 115 Å². The van der Waals surface area contributed by atoms with E-state index < -0.39 is 12.0 Å². The molecule has 1 aliphatic heterocycles. The molecule has 0 aromatic heterocycles. The maximum Gasteiger partial charge on any atom is 0.337 e. The van der Waals surface area contributed by atoms with Crippen LogP contribution in [0.25, 0.3) is 0 Å². The average molecular weight is 277 g/mol. The zero-order valence-electron chi connectivity index (χ0n) is 11.2. The van der Waals surface area contributed by atoms with E-state index in [-0.39, 0.29) is 18.4 Å². The van der Waals surface area contributed by atoms with Gasteiger partial charge in [0.25, 0.3) is 0 Å². The zero-order valence-corrected chi connectivity index (χ0v) is 11.2. The van der Waals surface area contributed by atoms with Gasteiger partial charge in [-0.15, -0.1) is 0 Å². The molecule has 1 heterocycles. The molecule has 0 saturated carbocycles. The summed E-state index contributed by atoms with van der Waals surface area (Å²) >= 11 is 0. The fourth-order valence-electron chi connectivity index (χ4n) is 2.07. The third kappa shape index (κ3) is 2.42. The molecule has 1 fully saturated rings. The van der Waals surface area contributed by atoms with Crippen LogP contribution in [0, 0.1) is 0 Å². The molecule has 1 atom stereocenters. The summed E-state index contributed by atoms with van der Waals surface area (Å²) in [6.07, 6.45) is 0. The smallest absolute Gasteiger partial charge is 0.337 e. The summed E-state index contributed by atoms with van der Waals surface area (Å²) in [4.78, 5) is 36.1. The highest BCUT2D eigenvalue weighted by Gasteiger charge is 2.31. The topological polar surface area (TPSA) is 102 Å². The molecule has 0 bridgehead atoms. The van der Waals surface area contributed by atoms with Crippen LogP contribution in [0.4, 0.5) is 11.4 Å². The SMILES string of the molecule is COC(=O)c1ccc(N2CC(=O)NC(=O)C2C)c(N)c1. The number of carbonyl (C=O) groups is 3. The fourth-order valence-corrected chi connectivity index (χ4v) is 2.07. The van der Waals surface area contributed by atoms with Crippen LogP contribution < -0.4 is 16.0 Å². The van der Waals surface area contributed by atoms with Crippen molar-refractivity contribution in [2.75, 3.05) is 24.3 Å². The highest BCUT2D eigenvalue weighted by Crippen LogP contribution is 2.27. The Balaban J connectivity index is 2.35. The molecule has 3 N–H and O–H groups in total. The van der Waals surface area contributed by atoms with E-state index >= 15 is 0 Å². The Bertz CT molecular complexity index is 585. The molecular weight excluding hydrogens is 262 g/mol. The van der Waals surface area contributed by atoms with Gasteiger partial charge in [0.05, 0.1) is 30.6 Å². The molecule has 2 rings (SSSR count). The average Bonchev–Trinajstić information content (AvgIpc) is 2.42. The van der Waals surface area contributed by atoms with E-state index in [1.54, 1.807) is 24.0 Å². The number of esters is 1. The number of amides is 2. The maximum absolute atomic E-state index is 11.6. The molecule has 1 saturated heterocycles. The lowest BCUT2D eigenvalue weighted by molar-refractivity contribution is -0.132. The summed E-state index contributed by atoms with van der Waals surface area (Å²) in [6.45, 7) is 1.71. The normalized spacial score (nSPS) is 18.7. The number of hydrogen-bond donors (Lipinski definition) is 2. The second-order valence-electron chi connectivity index (χ2n) is 4.48. The lowest BCUT2D eigenvalue weighted by Gasteiger charge is -2.34. The first kappa shape index (κ1) is 13.9. The third-order valence-electron chi connectivity index (χ3n) is 3.18. The van der Waals surface area contributed by atoms with Crippen molar-refractivity contribution in [1.29, 1.82) is 0 Å². The second-order valence-corrected chi connectivity index (χ2v) is 4.48. The van der Waals surface area contributed by atoms with Gasteiger partial charge in [-0.25, -0.2) is 4.79 Å². The van der Waals surface area contributed by atoms with E-state index in [1.807, 2.05) is 0 Å². The van der Waals surface area contributed by atoms with Crippen molar-refractivity contribution < 1.29 is 19.1 Å². The van der Waals surface area contributed by atoms with Gasteiger partial charge in [0, 0.05) is 0 Å². The van der Waals surface area contributed by atoms with E-state index in [2.05, 4.69) is 10.1 Å². The first-order valence-electron chi connectivity index (χ1n) is 6.02. The molecule has 1 aromatic carbocycles. The molecule has 1 aliphatic rings. The van der Waals surface area contributed by atoms with Crippen LogP contribution in [0.5, 0.6) is 0 Å². The van der Waals surface area contributed by atoms with Gasteiger partial charge in [-0.2, -0.15) is 0 Å². The van der Waals surface area contributed by atoms with Gasteiger partial charge in [-0.1, -0.05) is 0 Å². The van der Waals surface area contributed by atoms with E-state index in [4.69, 9.17) is 5.73 Å². The Morgan fingerprint density at radius 3 is 2.75 bits per heavy atom. The summed E-state index contributed by atoms with van der Waals surface area (Å²) < 4.78 is 4.61. The standard InChI is InChI=1S/C13H15N3O4/c1-7-12(18)15-11(17)6-16(7)10-4-3-8(5-9(10)14)13(19)20-2/h3-5,7H,6,14H2,1-2H3,(H,15,17,18). The number of imide groups is 1. The lowest BCUT2D eigenvalue weighted by Crippen LogP contribution is -2.57. The molecule has 2 amide bonds. The largest absolute Gasteiger partial charge is 0.465 e. The zero-order chi connectivity index (χ0) is 14.9. The number of nitrogen functional groups attached to an aromatic ring is 1. The van der Waals surface area contributed by atoms with E-state index in [1.165, 1.54) is 13.2 Å². The van der Waals surface area contributed by atoms with Crippen LogP contribution in [-0.2, 0) is 14.3 Å². The van der Waals surface area contributed by atoms with Crippen molar-refractivity contribution in [1.82, 2.24) is 5.32 Å². The minimum Gasteiger partial charge on any atom is -0.465 e. The fraction of sp³-hybridized carbons (Fsp3) is 0.308. The number of nitrogens with one attached hydrogen (secondary N) is 1. The van der Waals surface area contributed by atoms with Crippen LogP contribution >= 0.6 is 0 Å². The summed E-state index contributed by atoms with van der Waals surface area (Å²) in [6, 6.07) is 4.09. The third-order valence-corrected chi connectivity index (χ3v) is 3.18. The number of nitrogens with zero attached hydrogens (tertiary/aromatic N) is 1. The number of benzene rings is 1. The molecule has 7 nitrogen and oxygen atoms in total. The molecule has 0 aliphatic carbocycles. The van der Waals surface area contributed by atoms with Gasteiger partial charge < -0.3 is 15.4 Å². The maximum atomic E-state index is 11.6. The number of anilines is 2. The monoisotopic (exact) mass is 277 g/mol. The number of nitrogens with two attached hydrogens (primary N) is 1. The molecule has 1 aromatic rings. The molecule has 20 heavy (non-hydrogen) atoms. The molecule has 7 heteroatoms. The molecule has 0 radical (unpaired) electrons. The summed E-state index contributed by atoms with van der Waals surface area (Å²) in [5.74, 6) is -1.26. The van der Waals surface area contributed by atoms with Crippen LogP contribution in [0.1, 0.15) is 17.3 Å². The minimum absolute atomic E-state index is 0.0364. The minimum atomic E-state index is -0.515. The molecule has 1 unspecified atom stereocenters. The predicted molar refractivity (Wildman–Crippen MR) is 72.2 cm³/mol. The van der Waals surface area contributed by atoms with Crippen molar-refractivity contribution in [2.24, 2.45) is 0 Å². The number of hydrogen-bond acceptors (Lipinski definition) is 6. The Hall–Kier alpha value is -2.57. The van der Waals surface area contributed by atoms with Crippen molar-refractivity contribution in [3.05, 3.63) is 23.8 Å². The Morgan fingerprint density at radius 2 is 2.15 bits per heavy atom. The van der Waals surface area contributed by atoms with Crippen LogP contribution in [0.15, 0.2) is 18.2 Å². The van der Waals surface area contributed by atoms with E-state index in [0.717, 1.165) is 0 Å². The molecule has 106 valence electrons. The first-order valence-corrected chi connectivity index (χ1v) is 6.02. The quantitative estimate of drug-likeness (QED) is 0.445. The van der Waals surface area contributed by atoms with Gasteiger partial charge in [-0.05, 0) is 25.1 Å². The van der Waals surface area contributed by atoms with Crippen molar-refractivity contribution in [2.45, 2.75) is 13.0 Å². The van der Waals surface area contributed by atoms with Crippen LogP contribution in [-0.4, -0.2) is 37.5 Å². The second kappa shape index (κ2) is 5.20. The number of methoxy groups -OCH3 is 1. The number of carbonyl (C=O) groups excluding carboxylic acids is 3. The highest BCUT2D eigenvalue weighted by atomic mass is 16.5. The number of piperazine rings is 1. The van der Waals surface area contributed by atoms with E-state index in [9.17, 15) is 14.4 Å². The predicted octanol–water partition coefficient (Wildman–Crippen LogP) is -0.0933. The highest BCUT2D eigenvalue weighted by molar-refractivity contribution is 6.05. The van der Waals surface area contributed by atoms with Crippen molar-refractivity contribution in [3.8, 4) is 0 Å². The lowest BCUT2D eigenvalue weighted by atomic mass is 10.1. The number of ether oxygens (including phenoxy) is 1. The van der Waals surface area contributed by atoms with Gasteiger partial charge in [0.1, 0.15) is 6.04 Å². The first-order chi connectivity index (χ1) is 9.43.